The minimum absolute atomic E-state index is 0.0430. The molecule has 6 heteroatoms. The van der Waals surface area contributed by atoms with Gasteiger partial charge in [0.2, 0.25) is 5.91 Å². The quantitative estimate of drug-likeness (QED) is 0.909. The van der Waals surface area contributed by atoms with Crippen molar-refractivity contribution >= 4 is 17.8 Å². The summed E-state index contributed by atoms with van der Waals surface area (Å²) in [7, 11) is 0. The molecule has 1 aromatic rings. The van der Waals surface area contributed by atoms with Crippen molar-refractivity contribution in [1.82, 2.24) is 9.80 Å². The van der Waals surface area contributed by atoms with E-state index >= 15 is 0 Å². The molecule has 4 rings (SSSR count). The van der Waals surface area contributed by atoms with Crippen molar-refractivity contribution in [2.45, 2.75) is 25.8 Å². The molecule has 2 heterocycles. The zero-order valence-electron chi connectivity index (χ0n) is 13.4. The number of piperidine rings is 1. The molecule has 2 aliphatic heterocycles. The first-order valence-corrected chi connectivity index (χ1v) is 8.38. The average Bonchev–Trinajstić information content (AvgIpc) is 3.19. The van der Waals surface area contributed by atoms with Crippen LogP contribution in [0.25, 0.3) is 0 Å². The lowest BCUT2D eigenvalue weighted by Gasteiger charge is -2.33. The predicted octanol–water partition coefficient (Wildman–Crippen LogP) is 1.36. The Labute approximate surface area is 140 Å². The van der Waals surface area contributed by atoms with Crippen LogP contribution in [-0.4, -0.2) is 52.3 Å². The lowest BCUT2D eigenvalue weighted by molar-refractivity contribution is -0.140. The molecule has 0 radical (unpaired) electrons. The predicted molar refractivity (Wildman–Crippen MR) is 85.2 cm³/mol. The number of carbonyl (C=O) groups is 3. The summed E-state index contributed by atoms with van der Waals surface area (Å²) in [5.41, 5.74) is 1.57. The van der Waals surface area contributed by atoms with Gasteiger partial charge >= 0.3 is 5.97 Å². The second-order valence-corrected chi connectivity index (χ2v) is 7.16. The highest BCUT2D eigenvalue weighted by atomic mass is 16.4. The Hall–Kier alpha value is -2.37. The maximum absolute atomic E-state index is 12.5. The van der Waals surface area contributed by atoms with Gasteiger partial charge in [-0.25, -0.2) is 0 Å². The van der Waals surface area contributed by atoms with Gasteiger partial charge in [0.15, 0.2) is 0 Å². The minimum atomic E-state index is -0.713. The van der Waals surface area contributed by atoms with E-state index in [1.807, 2.05) is 18.2 Å². The summed E-state index contributed by atoms with van der Waals surface area (Å²) >= 11 is 0. The molecule has 24 heavy (non-hydrogen) atoms. The van der Waals surface area contributed by atoms with Crippen LogP contribution in [0, 0.1) is 11.3 Å². The van der Waals surface area contributed by atoms with E-state index in [0.29, 0.717) is 25.2 Å². The first-order chi connectivity index (χ1) is 11.5. The molecule has 2 fully saturated rings. The second kappa shape index (κ2) is 5.33. The Bertz CT molecular complexity index is 721. The van der Waals surface area contributed by atoms with Crippen molar-refractivity contribution in [3.05, 3.63) is 35.4 Å². The third-order valence-corrected chi connectivity index (χ3v) is 5.82. The number of hydrogen-bond acceptors (Lipinski definition) is 3. The van der Waals surface area contributed by atoms with Gasteiger partial charge in [0.05, 0.1) is 5.92 Å². The molecule has 1 saturated heterocycles. The third kappa shape index (κ3) is 2.37. The second-order valence-electron chi connectivity index (χ2n) is 7.16. The number of aliphatic carboxylic acids is 1. The molecular formula is C18H20N2O4. The number of rotatable bonds is 3. The van der Waals surface area contributed by atoms with Crippen molar-refractivity contribution in [1.29, 1.82) is 0 Å². The van der Waals surface area contributed by atoms with Gasteiger partial charge in [0.25, 0.3) is 5.91 Å². The standard InChI is InChI=1S/C18H20N2O4/c21-15(11-20-10-12-3-1-2-4-13(12)16(20)22)19-7-5-18(6-8-19)9-14(18)17(23)24/h1-4,14H,5-11H2,(H,23,24). The average molecular weight is 328 g/mol. The molecular weight excluding hydrogens is 308 g/mol. The smallest absolute Gasteiger partial charge is 0.307 e. The van der Waals surface area contributed by atoms with Gasteiger partial charge in [-0.2, -0.15) is 0 Å². The van der Waals surface area contributed by atoms with Gasteiger partial charge in [-0.15, -0.1) is 0 Å². The summed E-state index contributed by atoms with van der Waals surface area (Å²) in [4.78, 5) is 39.3. The van der Waals surface area contributed by atoms with E-state index in [-0.39, 0.29) is 29.7 Å². The van der Waals surface area contributed by atoms with E-state index in [0.717, 1.165) is 24.8 Å². The van der Waals surface area contributed by atoms with Gasteiger partial charge in [0, 0.05) is 25.2 Å². The number of carboxylic acids is 1. The van der Waals surface area contributed by atoms with Crippen LogP contribution < -0.4 is 0 Å². The zero-order chi connectivity index (χ0) is 16.9. The van der Waals surface area contributed by atoms with E-state index in [9.17, 15) is 14.4 Å². The molecule has 0 aromatic heterocycles. The summed E-state index contributed by atoms with van der Waals surface area (Å²) < 4.78 is 0. The molecule has 1 unspecified atom stereocenters. The van der Waals surface area contributed by atoms with Gasteiger partial charge in [-0.3, -0.25) is 14.4 Å². The fourth-order valence-electron chi connectivity index (χ4n) is 4.16. The van der Waals surface area contributed by atoms with Gasteiger partial charge in [0.1, 0.15) is 6.54 Å². The topological polar surface area (TPSA) is 77.9 Å². The molecule has 1 atom stereocenters. The van der Waals surface area contributed by atoms with Crippen LogP contribution in [0.1, 0.15) is 35.2 Å². The Kier molecular flexibility index (Phi) is 3.37. The highest BCUT2D eigenvalue weighted by molar-refractivity contribution is 6.00. The van der Waals surface area contributed by atoms with Crippen molar-refractivity contribution in [2.24, 2.45) is 11.3 Å². The van der Waals surface area contributed by atoms with Crippen LogP contribution in [0.15, 0.2) is 24.3 Å². The molecule has 1 spiro atoms. The summed E-state index contributed by atoms with van der Waals surface area (Å²) in [5, 5.41) is 9.13. The molecule has 1 saturated carbocycles. The zero-order valence-corrected chi connectivity index (χ0v) is 13.4. The van der Waals surface area contributed by atoms with Gasteiger partial charge in [-0.1, -0.05) is 18.2 Å². The number of carboxylic acid groups (broad SMARTS) is 1. The highest BCUT2D eigenvalue weighted by Gasteiger charge is 2.59. The molecule has 2 amide bonds. The van der Waals surface area contributed by atoms with Crippen LogP contribution in [0.4, 0.5) is 0 Å². The molecule has 1 aromatic carbocycles. The largest absolute Gasteiger partial charge is 0.481 e. The number of benzene rings is 1. The van der Waals surface area contributed by atoms with Gasteiger partial charge in [-0.05, 0) is 36.3 Å². The van der Waals surface area contributed by atoms with Crippen LogP contribution in [0.3, 0.4) is 0 Å². The lowest BCUT2D eigenvalue weighted by Crippen LogP contribution is -2.45. The number of carbonyl (C=O) groups excluding carboxylic acids is 2. The van der Waals surface area contributed by atoms with Crippen molar-refractivity contribution < 1.29 is 19.5 Å². The van der Waals surface area contributed by atoms with E-state index in [1.165, 1.54) is 0 Å². The van der Waals surface area contributed by atoms with E-state index < -0.39 is 5.97 Å². The number of fused-ring (bicyclic) bond motifs is 1. The number of hydrogen-bond donors (Lipinski definition) is 1. The Morgan fingerprint density at radius 2 is 1.92 bits per heavy atom. The lowest BCUT2D eigenvalue weighted by atomic mass is 9.91. The van der Waals surface area contributed by atoms with Crippen LogP contribution in [0.2, 0.25) is 0 Å². The normalized spacial score (nSPS) is 24.2. The first kappa shape index (κ1) is 15.2. The van der Waals surface area contributed by atoms with Crippen LogP contribution >= 0.6 is 0 Å². The molecule has 6 nitrogen and oxygen atoms in total. The Morgan fingerprint density at radius 1 is 1.21 bits per heavy atom. The van der Waals surface area contributed by atoms with E-state index in [4.69, 9.17) is 5.11 Å². The SMILES string of the molecule is O=C(O)C1CC12CCN(C(=O)CN1Cc3ccccc3C1=O)CC2. The minimum Gasteiger partial charge on any atom is -0.481 e. The Morgan fingerprint density at radius 3 is 2.54 bits per heavy atom. The molecule has 3 aliphatic rings. The van der Waals surface area contributed by atoms with Crippen molar-refractivity contribution in [3.8, 4) is 0 Å². The fraction of sp³-hybridized carbons (Fsp3) is 0.500. The Balaban J connectivity index is 1.34. The molecule has 1 aliphatic carbocycles. The van der Waals surface area contributed by atoms with E-state index in [2.05, 4.69) is 0 Å². The maximum Gasteiger partial charge on any atom is 0.307 e. The highest BCUT2D eigenvalue weighted by Crippen LogP contribution is 2.59. The van der Waals surface area contributed by atoms with Crippen molar-refractivity contribution in [3.63, 3.8) is 0 Å². The monoisotopic (exact) mass is 328 g/mol. The first-order valence-electron chi connectivity index (χ1n) is 8.38. The summed E-state index contributed by atoms with van der Waals surface area (Å²) in [6.45, 7) is 1.78. The number of nitrogens with zero attached hydrogens (tertiary/aromatic N) is 2. The summed E-state index contributed by atoms with van der Waals surface area (Å²) in [6, 6.07) is 7.45. The van der Waals surface area contributed by atoms with Crippen molar-refractivity contribution in [2.75, 3.05) is 19.6 Å². The fourth-order valence-corrected chi connectivity index (χ4v) is 4.16. The van der Waals surface area contributed by atoms with E-state index in [1.54, 1.807) is 15.9 Å². The molecule has 0 bridgehead atoms. The summed E-state index contributed by atoms with van der Waals surface area (Å²) in [6.07, 6.45) is 2.25. The summed E-state index contributed by atoms with van der Waals surface area (Å²) in [5.74, 6) is -1.07. The van der Waals surface area contributed by atoms with Crippen LogP contribution in [0.5, 0.6) is 0 Å². The number of amides is 2. The van der Waals surface area contributed by atoms with Crippen LogP contribution in [-0.2, 0) is 16.1 Å². The third-order valence-electron chi connectivity index (χ3n) is 5.82. The number of likely N-dealkylation sites (tertiary alicyclic amines) is 1. The van der Waals surface area contributed by atoms with Gasteiger partial charge < -0.3 is 14.9 Å². The molecule has 1 N–H and O–H groups in total. The molecule has 126 valence electrons. The maximum atomic E-state index is 12.5.